The quantitative estimate of drug-likeness (QED) is 0.245. The van der Waals surface area contributed by atoms with Crippen molar-refractivity contribution in [3.63, 3.8) is 0 Å². The molecule has 2 aliphatic rings. The van der Waals surface area contributed by atoms with Crippen molar-refractivity contribution in [1.29, 1.82) is 0 Å². The number of carboxylic acids is 1. The number of fused-ring (bicyclic) bond motifs is 2. The van der Waals surface area contributed by atoms with Gasteiger partial charge in [0, 0.05) is 36.9 Å². The van der Waals surface area contributed by atoms with Gasteiger partial charge in [-0.1, -0.05) is 48.9 Å². The highest BCUT2D eigenvalue weighted by molar-refractivity contribution is 6.30. The van der Waals surface area contributed by atoms with Crippen LogP contribution in [-0.4, -0.2) is 70.6 Å². The molecular weight excluding hydrogens is 653 g/mol. The number of aromatic nitrogens is 6. The average Bonchev–Trinajstić information content (AvgIpc) is 3.76. The van der Waals surface area contributed by atoms with E-state index in [2.05, 4.69) is 49.1 Å². The number of carboxylic acid groups (broad SMARTS) is 1. The minimum atomic E-state index is -1.09. The summed E-state index contributed by atoms with van der Waals surface area (Å²) in [4.78, 5) is 43.3. The third kappa shape index (κ3) is 5.88. The van der Waals surface area contributed by atoms with Crippen molar-refractivity contribution in [3.05, 3.63) is 112 Å². The lowest BCUT2D eigenvalue weighted by molar-refractivity contribution is -0.121. The predicted octanol–water partition coefficient (Wildman–Crippen LogP) is 4.87. The Morgan fingerprint density at radius 1 is 0.959 bits per heavy atom. The molecule has 0 unspecified atom stereocenters. The van der Waals surface area contributed by atoms with E-state index in [0.717, 1.165) is 27.6 Å². The number of anilines is 2. The summed E-state index contributed by atoms with van der Waals surface area (Å²) in [5.74, 6) is -0.825. The normalized spacial score (nSPS) is 15.6. The molecule has 0 aliphatic carbocycles. The summed E-state index contributed by atoms with van der Waals surface area (Å²) in [6.07, 6.45) is 1.75. The molecule has 7 rings (SSSR count). The molecule has 0 radical (unpaired) electrons. The van der Waals surface area contributed by atoms with Crippen LogP contribution in [0.25, 0.3) is 5.69 Å². The minimum absolute atomic E-state index is 0.0182. The first kappa shape index (κ1) is 31.9. The molecule has 13 nitrogen and oxygen atoms in total. The highest BCUT2D eigenvalue weighted by atomic mass is 35.5. The summed E-state index contributed by atoms with van der Waals surface area (Å²) in [7, 11) is 0. The van der Waals surface area contributed by atoms with Gasteiger partial charge in [-0.25, -0.2) is 13.9 Å². The SMILES string of the molecule is CC(C)c1nnc2n1CCN(c1cccc3c1CCN(C(=O)c1cn(-c4cccc(Cl)c4F)nn1)[C@@H]3C(=O)Nc1ccc(C(=O)O)cc1)C2. The van der Waals surface area contributed by atoms with E-state index < -0.39 is 29.6 Å². The van der Waals surface area contributed by atoms with Gasteiger partial charge in [0.15, 0.2) is 17.3 Å². The summed E-state index contributed by atoms with van der Waals surface area (Å²) < 4.78 is 18.0. The van der Waals surface area contributed by atoms with Gasteiger partial charge in [0.05, 0.1) is 23.3 Å². The Labute approximate surface area is 284 Å². The van der Waals surface area contributed by atoms with Gasteiger partial charge in [0.25, 0.3) is 11.8 Å². The Morgan fingerprint density at radius 3 is 2.47 bits per heavy atom. The maximum absolute atomic E-state index is 14.8. The number of carbonyl (C=O) groups is 3. The zero-order chi connectivity index (χ0) is 34.4. The molecule has 5 aromatic rings. The van der Waals surface area contributed by atoms with E-state index in [-0.39, 0.29) is 34.4 Å². The summed E-state index contributed by atoms with van der Waals surface area (Å²) in [5, 5.41) is 28.9. The van der Waals surface area contributed by atoms with E-state index in [9.17, 15) is 23.9 Å². The molecule has 2 N–H and O–H groups in total. The minimum Gasteiger partial charge on any atom is -0.478 e. The number of hydrogen-bond donors (Lipinski definition) is 2. The van der Waals surface area contributed by atoms with Gasteiger partial charge in [0.2, 0.25) is 0 Å². The zero-order valence-corrected chi connectivity index (χ0v) is 27.3. The van der Waals surface area contributed by atoms with E-state index in [4.69, 9.17) is 11.6 Å². The molecule has 0 saturated carbocycles. The Balaban J connectivity index is 1.23. The van der Waals surface area contributed by atoms with Crippen molar-refractivity contribution in [2.45, 2.75) is 45.3 Å². The second-order valence-electron chi connectivity index (χ2n) is 12.2. The van der Waals surface area contributed by atoms with Gasteiger partial charge in [-0.3, -0.25) is 9.59 Å². The maximum Gasteiger partial charge on any atom is 0.335 e. The fourth-order valence-corrected chi connectivity index (χ4v) is 6.63. The van der Waals surface area contributed by atoms with E-state index >= 15 is 0 Å². The molecule has 0 spiro atoms. The van der Waals surface area contributed by atoms with Gasteiger partial charge in [0.1, 0.15) is 17.6 Å². The zero-order valence-electron chi connectivity index (χ0n) is 26.5. The van der Waals surface area contributed by atoms with Crippen molar-refractivity contribution in [3.8, 4) is 5.69 Å². The maximum atomic E-state index is 14.8. The molecule has 3 aromatic carbocycles. The third-order valence-electron chi connectivity index (χ3n) is 8.83. The van der Waals surface area contributed by atoms with Crippen molar-refractivity contribution >= 4 is 40.8 Å². The molecule has 0 bridgehead atoms. The Morgan fingerprint density at radius 2 is 1.71 bits per heavy atom. The largest absolute Gasteiger partial charge is 0.478 e. The molecule has 2 aromatic heterocycles. The van der Waals surface area contributed by atoms with Crippen LogP contribution < -0.4 is 10.2 Å². The van der Waals surface area contributed by atoms with E-state index in [0.29, 0.717) is 37.3 Å². The Kier molecular flexibility index (Phi) is 8.32. The van der Waals surface area contributed by atoms with Gasteiger partial charge in [-0.15, -0.1) is 15.3 Å². The number of halogens is 2. The van der Waals surface area contributed by atoms with Crippen molar-refractivity contribution in [2.75, 3.05) is 23.3 Å². The molecule has 15 heteroatoms. The van der Waals surface area contributed by atoms with Crippen LogP contribution in [0.15, 0.2) is 66.9 Å². The van der Waals surface area contributed by atoms with Crippen LogP contribution in [0.5, 0.6) is 0 Å². The lowest BCUT2D eigenvalue weighted by atomic mass is 9.89. The van der Waals surface area contributed by atoms with Gasteiger partial charge in [-0.2, -0.15) is 0 Å². The molecule has 49 heavy (non-hydrogen) atoms. The standard InChI is InChI=1S/C34H31ClFN9O4/c1-19(2)31-40-39-28-18-42(15-16-43(28)31)26-7-3-5-23-22(26)13-14-44(30(23)32(46)37-21-11-9-20(10-12-21)34(48)49)33(47)25-17-45(41-38-25)27-8-4-6-24(35)29(27)36/h3-12,17,19,30H,13-16,18H2,1-2H3,(H,37,46)(H,48,49)/t30-/m0/s1. The van der Waals surface area contributed by atoms with Crippen molar-refractivity contribution < 1.29 is 23.9 Å². The predicted molar refractivity (Wildman–Crippen MR) is 177 cm³/mol. The smallest absolute Gasteiger partial charge is 0.335 e. The number of hydrogen-bond acceptors (Lipinski definition) is 8. The number of benzene rings is 3. The molecule has 1 atom stereocenters. The number of nitrogens with one attached hydrogen (secondary N) is 1. The van der Waals surface area contributed by atoms with Crippen LogP contribution in [0.3, 0.4) is 0 Å². The second kappa shape index (κ2) is 12.8. The van der Waals surface area contributed by atoms with E-state index in [1.807, 2.05) is 18.2 Å². The molecule has 0 saturated heterocycles. The fourth-order valence-electron chi connectivity index (χ4n) is 6.46. The molecular formula is C34H31ClFN9O4. The first-order valence-electron chi connectivity index (χ1n) is 15.7. The topological polar surface area (TPSA) is 151 Å². The summed E-state index contributed by atoms with van der Waals surface area (Å²) in [5.41, 5.74) is 2.87. The van der Waals surface area contributed by atoms with Crippen LogP contribution in [-0.2, 0) is 24.3 Å². The van der Waals surface area contributed by atoms with Crippen LogP contribution in [0.4, 0.5) is 15.8 Å². The number of carbonyl (C=O) groups excluding carboxylic acids is 2. The van der Waals surface area contributed by atoms with Crippen LogP contribution in [0.2, 0.25) is 5.02 Å². The number of aromatic carboxylic acids is 1. The van der Waals surface area contributed by atoms with Crippen LogP contribution >= 0.6 is 11.6 Å². The number of amides is 2. The van der Waals surface area contributed by atoms with Gasteiger partial charge in [-0.05, 0) is 60.0 Å². The highest BCUT2D eigenvalue weighted by Crippen LogP contribution is 2.38. The van der Waals surface area contributed by atoms with Crippen molar-refractivity contribution in [1.82, 2.24) is 34.7 Å². The lowest BCUT2D eigenvalue weighted by Crippen LogP contribution is -2.46. The van der Waals surface area contributed by atoms with Crippen molar-refractivity contribution in [2.24, 2.45) is 0 Å². The third-order valence-corrected chi connectivity index (χ3v) is 9.13. The monoisotopic (exact) mass is 683 g/mol. The van der Waals surface area contributed by atoms with Crippen LogP contribution in [0, 0.1) is 5.82 Å². The van der Waals surface area contributed by atoms with Gasteiger partial charge >= 0.3 is 5.97 Å². The Hall–Kier alpha value is -5.63. The summed E-state index contributed by atoms with van der Waals surface area (Å²) in [6, 6.07) is 14.8. The number of rotatable bonds is 7. The first-order valence-corrected chi connectivity index (χ1v) is 16.1. The summed E-state index contributed by atoms with van der Waals surface area (Å²) in [6.45, 7) is 6.31. The molecule has 0 fully saturated rings. The van der Waals surface area contributed by atoms with Gasteiger partial charge < -0.3 is 24.8 Å². The first-order chi connectivity index (χ1) is 23.6. The average molecular weight is 684 g/mol. The van der Waals surface area contributed by atoms with E-state index in [1.54, 1.807) is 6.07 Å². The molecule has 2 amide bonds. The summed E-state index contributed by atoms with van der Waals surface area (Å²) >= 11 is 5.96. The molecule has 2 aliphatic heterocycles. The lowest BCUT2D eigenvalue weighted by Gasteiger charge is -2.39. The molecule has 4 heterocycles. The molecule has 250 valence electrons. The second-order valence-corrected chi connectivity index (χ2v) is 12.6. The Bertz CT molecular complexity index is 2100. The highest BCUT2D eigenvalue weighted by Gasteiger charge is 2.39. The fraction of sp³-hybridized carbons (Fsp3) is 0.265. The number of nitrogens with zero attached hydrogens (tertiary/aromatic N) is 8. The van der Waals surface area contributed by atoms with E-state index in [1.165, 1.54) is 47.5 Å². The van der Waals surface area contributed by atoms with Crippen LogP contribution in [0.1, 0.15) is 69.4 Å².